The second kappa shape index (κ2) is 9.88. The molecule has 2 aromatic carbocycles. The van der Waals surface area contributed by atoms with Gasteiger partial charge in [0, 0.05) is 55.3 Å². The number of morpholine rings is 1. The summed E-state index contributed by atoms with van der Waals surface area (Å²) < 4.78 is 10.9. The summed E-state index contributed by atoms with van der Waals surface area (Å²) in [5.41, 5.74) is 4.42. The highest BCUT2D eigenvalue weighted by Gasteiger charge is 2.33. The van der Waals surface area contributed by atoms with Gasteiger partial charge in [-0.3, -0.25) is 9.89 Å². The van der Waals surface area contributed by atoms with Crippen LogP contribution in [0.2, 0.25) is 0 Å². The van der Waals surface area contributed by atoms with Crippen LogP contribution in [0.1, 0.15) is 31.1 Å². The van der Waals surface area contributed by atoms with E-state index in [1.807, 2.05) is 39.0 Å². The summed E-state index contributed by atoms with van der Waals surface area (Å²) in [7, 11) is 0. The van der Waals surface area contributed by atoms with Crippen molar-refractivity contribution in [3.05, 3.63) is 42.0 Å². The second-order valence-electron chi connectivity index (χ2n) is 11.2. The van der Waals surface area contributed by atoms with E-state index in [9.17, 15) is 9.59 Å². The number of ether oxygens (including phenoxy) is 2. The molecule has 0 saturated carbocycles. The summed E-state index contributed by atoms with van der Waals surface area (Å²) in [5.74, 6) is 0.678. The summed E-state index contributed by atoms with van der Waals surface area (Å²) in [6.45, 7) is 10.4. The van der Waals surface area contributed by atoms with Crippen LogP contribution in [0.5, 0.6) is 0 Å². The van der Waals surface area contributed by atoms with Crippen molar-refractivity contribution in [3.8, 4) is 11.5 Å². The standard InChI is InChI=1S/C28H33N7O4/c1-28(2,3)39-27(37)35-15-17(16-35)14-29-26(36)18-4-6-21-20(12-18)24(33-32-21)25-30-22-7-5-19(13-23(22)31-25)34-8-10-38-11-9-34/h4-7,12-13,17H,8-11,14-16H2,1-3H3,(H,29,36)(H,30,31)(H,32,33). The number of hydrogen-bond acceptors (Lipinski definition) is 7. The maximum absolute atomic E-state index is 13.0. The number of fused-ring (bicyclic) bond motifs is 2. The largest absolute Gasteiger partial charge is 0.444 e. The van der Waals surface area contributed by atoms with E-state index in [-0.39, 0.29) is 17.9 Å². The molecular formula is C28H33N7O4. The third kappa shape index (κ3) is 5.26. The number of H-pyrrole nitrogens is 2. The number of benzene rings is 2. The predicted octanol–water partition coefficient (Wildman–Crippen LogP) is 3.54. The molecule has 2 saturated heterocycles. The van der Waals surface area contributed by atoms with E-state index >= 15 is 0 Å². The van der Waals surface area contributed by atoms with Crippen LogP contribution in [0.15, 0.2) is 36.4 Å². The van der Waals surface area contributed by atoms with E-state index in [1.54, 1.807) is 11.0 Å². The minimum absolute atomic E-state index is 0.167. The Morgan fingerprint density at radius 1 is 1.10 bits per heavy atom. The van der Waals surface area contributed by atoms with Crippen LogP contribution < -0.4 is 10.2 Å². The Kier molecular flexibility index (Phi) is 6.38. The highest BCUT2D eigenvalue weighted by molar-refractivity contribution is 6.01. The van der Waals surface area contributed by atoms with Crippen LogP contribution in [0.25, 0.3) is 33.5 Å². The van der Waals surface area contributed by atoms with Crippen molar-refractivity contribution in [2.24, 2.45) is 5.92 Å². The van der Waals surface area contributed by atoms with Gasteiger partial charge in [0.1, 0.15) is 11.3 Å². The molecule has 2 aromatic heterocycles. The zero-order valence-electron chi connectivity index (χ0n) is 22.4. The fourth-order valence-electron chi connectivity index (χ4n) is 4.98. The molecule has 2 amide bonds. The second-order valence-corrected chi connectivity index (χ2v) is 11.2. The Hall–Kier alpha value is -4.12. The third-order valence-electron chi connectivity index (χ3n) is 7.05. The quantitative estimate of drug-likeness (QED) is 0.359. The molecule has 0 unspecified atom stereocenters. The first kappa shape index (κ1) is 25.2. The van der Waals surface area contributed by atoms with Gasteiger partial charge >= 0.3 is 6.09 Å². The van der Waals surface area contributed by atoms with Gasteiger partial charge in [-0.15, -0.1) is 0 Å². The number of nitrogens with one attached hydrogen (secondary N) is 3. The summed E-state index contributed by atoms with van der Waals surface area (Å²) in [6.07, 6.45) is -0.314. The molecule has 0 bridgehead atoms. The van der Waals surface area contributed by atoms with Crippen molar-refractivity contribution in [3.63, 3.8) is 0 Å². The minimum Gasteiger partial charge on any atom is -0.444 e. The molecule has 11 nitrogen and oxygen atoms in total. The Labute approximate surface area is 225 Å². The molecule has 0 radical (unpaired) electrons. The molecule has 0 aliphatic carbocycles. The first-order valence-electron chi connectivity index (χ1n) is 13.3. The molecule has 2 aliphatic heterocycles. The molecule has 0 spiro atoms. The highest BCUT2D eigenvalue weighted by atomic mass is 16.6. The van der Waals surface area contributed by atoms with E-state index < -0.39 is 5.60 Å². The van der Waals surface area contributed by atoms with E-state index in [2.05, 4.69) is 37.5 Å². The molecule has 3 N–H and O–H groups in total. The average Bonchev–Trinajstić information content (AvgIpc) is 3.50. The van der Waals surface area contributed by atoms with Gasteiger partial charge in [-0.05, 0) is 57.2 Å². The van der Waals surface area contributed by atoms with Crippen LogP contribution >= 0.6 is 0 Å². The molecule has 39 heavy (non-hydrogen) atoms. The lowest BCUT2D eigenvalue weighted by molar-refractivity contribution is -0.000536. The van der Waals surface area contributed by atoms with E-state index in [4.69, 9.17) is 14.5 Å². The average molecular weight is 532 g/mol. The SMILES string of the molecule is CC(C)(C)OC(=O)N1CC(CNC(=O)c2ccc3[nH]nc(-c4nc5ccc(N6CCOCC6)cc5[nH]4)c3c2)C1. The molecule has 2 fully saturated rings. The maximum atomic E-state index is 13.0. The Balaban J connectivity index is 1.13. The number of rotatable bonds is 5. The number of aromatic nitrogens is 4. The molecule has 11 heteroatoms. The number of aromatic amines is 2. The Bertz CT molecular complexity index is 1520. The number of imidazole rings is 1. The Morgan fingerprint density at radius 3 is 2.67 bits per heavy atom. The van der Waals surface area contributed by atoms with Gasteiger partial charge in [0.25, 0.3) is 5.91 Å². The van der Waals surface area contributed by atoms with Gasteiger partial charge in [-0.1, -0.05) is 0 Å². The number of anilines is 1. The lowest BCUT2D eigenvalue weighted by Crippen LogP contribution is -2.54. The summed E-state index contributed by atoms with van der Waals surface area (Å²) >= 11 is 0. The van der Waals surface area contributed by atoms with Gasteiger partial charge in [0.2, 0.25) is 0 Å². The maximum Gasteiger partial charge on any atom is 0.410 e. The monoisotopic (exact) mass is 531 g/mol. The zero-order chi connectivity index (χ0) is 27.1. The van der Waals surface area contributed by atoms with Gasteiger partial charge in [0.05, 0.1) is 29.8 Å². The normalized spacial score (nSPS) is 16.5. The van der Waals surface area contributed by atoms with Crippen LogP contribution in [0, 0.1) is 5.92 Å². The van der Waals surface area contributed by atoms with Crippen LogP contribution in [-0.4, -0.2) is 88.6 Å². The fraction of sp³-hybridized carbons (Fsp3) is 0.429. The molecule has 4 aromatic rings. The van der Waals surface area contributed by atoms with Crippen LogP contribution in [0.3, 0.4) is 0 Å². The van der Waals surface area contributed by atoms with E-state index in [0.717, 1.165) is 53.9 Å². The van der Waals surface area contributed by atoms with Crippen molar-refractivity contribution in [2.75, 3.05) is 50.8 Å². The number of amides is 2. The van der Waals surface area contributed by atoms with Gasteiger partial charge < -0.3 is 29.6 Å². The molecule has 4 heterocycles. The molecule has 6 rings (SSSR count). The molecule has 0 atom stereocenters. The van der Waals surface area contributed by atoms with Crippen molar-refractivity contribution in [1.29, 1.82) is 0 Å². The summed E-state index contributed by atoms with van der Waals surface area (Å²) in [4.78, 5) is 37.2. The molecule has 204 valence electrons. The van der Waals surface area contributed by atoms with Crippen molar-refractivity contribution in [2.45, 2.75) is 26.4 Å². The van der Waals surface area contributed by atoms with Gasteiger partial charge in [-0.2, -0.15) is 5.10 Å². The third-order valence-corrected chi connectivity index (χ3v) is 7.05. The smallest absolute Gasteiger partial charge is 0.410 e. The number of carbonyl (C=O) groups excluding carboxylic acids is 2. The first-order valence-corrected chi connectivity index (χ1v) is 13.3. The lowest BCUT2D eigenvalue weighted by atomic mass is 10.0. The number of hydrogen-bond donors (Lipinski definition) is 3. The first-order chi connectivity index (χ1) is 18.7. The molecule has 2 aliphatic rings. The van der Waals surface area contributed by atoms with Crippen molar-refractivity contribution < 1.29 is 19.1 Å². The number of nitrogens with zero attached hydrogens (tertiary/aromatic N) is 4. The van der Waals surface area contributed by atoms with Crippen LogP contribution in [-0.2, 0) is 9.47 Å². The Morgan fingerprint density at radius 2 is 1.90 bits per heavy atom. The van der Waals surface area contributed by atoms with E-state index in [0.29, 0.717) is 36.7 Å². The van der Waals surface area contributed by atoms with Crippen molar-refractivity contribution in [1.82, 2.24) is 30.4 Å². The highest BCUT2D eigenvalue weighted by Crippen LogP contribution is 2.29. The number of likely N-dealkylation sites (tertiary alicyclic amines) is 1. The summed E-state index contributed by atoms with van der Waals surface area (Å²) in [6, 6.07) is 11.7. The topological polar surface area (TPSA) is 128 Å². The minimum atomic E-state index is -0.519. The fourth-order valence-corrected chi connectivity index (χ4v) is 4.98. The number of carbonyl (C=O) groups is 2. The van der Waals surface area contributed by atoms with Gasteiger partial charge in [0.15, 0.2) is 5.82 Å². The molecular weight excluding hydrogens is 498 g/mol. The van der Waals surface area contributed by atoms with E-state index in [1.165, 1.54) is 0 Å². The summed E-state index contributed by atoms with van der Waals surface area (Å²) in [5, 5.41) is 11.4. The lowest BCUT2D eigenvalue weighted by Gasteiger charge is -2.39. The van der Waals surface area contributed by atoms with Crippen molar-refractivity contribution >= 4 is 39.6 Å². The zero-order valence-corrected chi connectivity index (χ0v) is 22.4. The van der Waals surface area contributed by atoms with Gasteiger partial charge in [-0.25, -0.2) is 9.78 Å². The van der Waals surface area contributed by atoms with Crippen LogP contribution in [0.4, 0.5) is 10.5 Å². The predicted molar refractivity (Wildman–Crippen MR) is 148 cm³/mol.